The molecule has 1 unspecified atom stereocenters. The lowest BCUT2D eigenvalue weighted by molar-refractivity contribution is 0.0741. The first-order valence-electron chi connectivity index (χ1n) is 5.46. The first-order chi connectivity index (χ1) is 7.47. The van der Waals surface area contributed by atoms with Gasteiger partial charge in [-0.2, -0.15) is 0 Å². The van der Waals surface area contributed by atoms with E-state index in [0.717, 1.165) is 12.1 Å². The highest BCUT2D eigenvalue weighted by atomic mass is 16.2. The fourth-order valence-electron chi connectivity index (χ4n) is 1.42. The van der Waals surface area contributed by atoms with Crippen LogP contribution < -0.4 is 5.73 Å². The smallest absolute Gasteiger partial charge is 0.257 e. The maximum absolute atomic E-state index is 12.1. The number of rotatable bonds is 3. The van der Waals surface area contributed by atoms with Crippen molar-refractivity contribution < 1.29 is 4.79 Å². The molecule has 0 aliphatic rings. The number of anilines is 1. The van der Waals surface area contributed by atoms with Gasteiger partial charge in [-0.25, -0.2) is 0 Å². The first-order valence-corrected chi connectivity index (χ1v) is 5.46. The van der Waals surface area contributed by atoms with Gasteiger partial charge in [-0.3, -0.25) is 9.78 Å². The number of carbonyl (C=O) groups is 1. The van der Waals surface area contributed by atoms with Crippen LogP contribution in [0.25, 0.3) is 0 Å². The number of aromatic nitrogens is 1. The van der Waals surface area contributed by atoms with E-state index in [1.807, 2.05) is 20.8 Å². The van der Waals surface area contributed by atoms with Gasteiger partial charge in [0.05, 0.1) is 5.56 Å². The summed E-state index contributed by atoms with van der Waals surface area (Å²) < 4.78 is 0. The third-order valence-electron chi connectivity index (χ3n) is 2.88. The van der Waals surface area contributed by atoms with E-state index < -0.39 is 0 Å². The molecular formula is C12H19N3O. The van der Waals surface area contributed by atoms with Gasteiger partial charge in [0.2, 0.25) is 0 Å². The summed E-state index contributed by atoms with van der Waals surface area (Å²) in [7, 11) is 1.79. The van der Waals surface area contributed by atoms with E-state index in [1.54, 1.807) is 24.2 Å². The Bertz CT molecular complexity index is 390. The number of amides is 1. The number of nitrogens with zero attached hydrogens (tertiary/aromatic N) is 2. The Hall–Kier alpha value is -1.58. The zero-order chi connectivity index (χ0) is 12.3. The highest BCUT2D eigenvalue weighted by Crippen LogP contribution is 2.15. The van der Waals surface area contributed by atoms with E-state index >= 15 is 0 Å². The van der Waals surface area contributed by atoms with Gasteiger partial charge in [-0.05, 0) is 26.3 Å². The van der Waals surface area contributed by atoms with Crippen LogP contribution in [-0.2, 0) is 0 Å². The predicted octanol–water partition coefficient (Wildman–Crippen LogP) is 1.84. The van der Waals surface area contributed by atoms with Crippen LogP contribution in [0.5, 0.6) is 0 Å². The Labute approximate surface area is 96.5 Å². The van der Waals surface area contributed by atoms with Crippen molar-refractivity contribution >= 4 is 11.6 Å². The molecule has 1 aromatic heterocycles. The van der Waals surface area contributed by atoms with Gasteiger partial charge < -0.3 is 10.6 Å². The molecule has 0 radical (unpaired) electrons. The Kier molecular flexibility index (Phi) is 3.88. The zero-order valence-electron chi connectivity index (χ0n) is 10.3. The largest absolute Gasteiger partial charge is 0.398 e. The Morgan fingerprint density at radius 2 is 2.25 bits per heavy atom. The molecule has 16 heavy (non-hydrogen) atoms. The monoisotopic (exact) mass is 221 g/mol. The van der Waals surface area contributed by atoms with Crippen molar-refractivity contribution in [2.75, 3.05) is 12.8 Å². The molecule has 2 N–H and O–H groups in total. The predicted molar refractivity (Wildman–Crippen MR) is 65.2 cm³/mol. The van der Waals surface area contributed by atoms with Gasteiger partial charge in [-0.15, -0.1) is 0 Å². The molecule has 1 rings (SSSR count). The molecule has 4 nitrogen and oxygen atoms in total. The quantitative estimate of drug-likeness (QED) is 0.847. The van der Waals surface area contributed by atoms with Crippen LogP contribution in [0.15, 0.2) is 12.3 Å². The lowest BCUT2D eigenvalue weighted by Crippen LogP contribution is -2.35. The minimum Gasteiger partial charge on any atom is -0.398 e. The van der Waals surface area contributed by atoms with E-state index in [9.17, 15) is 4.79 Å². The highest BCUT2D eigenvalue weighted by Gasteiger charge is 2.18. The molecule has 88 valence electrons. The summed E-state index contributed by atoms with van der Waals surface area (Å²) >= 11 is 0. The average molecular weight is 221 g/mol. The first kappa shape index (κ1) is 12.5. The van der Waals surface area contributed by atoms with E-state index in [-0.39, 0.29) is 11.9 Å². The summed E-state index contributed by atoms with van der Waals surface area (Å²) in [6, 6.07) is 1.92. The summed E-state index contributed by atoms with van der Waals surface area (Å²) in [5.74, 6) is -0.0700. The topological polar surface area (TPSA) is 59.2 Å². The average Bonchev–Trinajstić information content (AvgIpc) is 2.26. The second-order valence-corrected chi connectivity index (χ2v) is 4.09. The van der Waals surface area contributed by atoms with Crippen LogP contribution in [0.1, 0.15) is 36.3 Å². The van der Waals surface area contributed by atoms with Crippen LogP contribution in [0, 0.1) is 6.92 Å². The molecule has 0 saturated heterocycles. The number of hydrogen-bond acceptors (Lipinski definition) is 3. The van der Waals surface area contributed by atoms with Gasteiger partial charge in [0.15, 0.2) is 0 Å². The fourth-order valence-corrected chi connectivity index (χ4v) is 1.42. The molecule has 4 heteroatoms. The molecule has 1 heterocycles. The van der Waals surface area contributed by atoms with Crippen molar-refractivity contribution in [3.63, 3.8) is 0 Å². The van der Waals surface area contributed by atoms with Gasteiger partial charge in [0.25, 0.3) is 5.91 Å². The maximum atomic E-state index is 12.1. The Morgan fingerprint density at radius 3 is 2.75 bits per heavy atom. The normalized spacial score (nSPS) is 12.2. The molecule has 0 fully saturated rings. The number of carbonyl (C=O) groups excluding carboxylic acids is 1. The molecule has 0 spiro atoms. The molecular weight excluding hydrogens is 202 g/mol. The molecule has 1 aromatic rings. The number of nitrogens with two attached hydrogens (primary N) is 1. The minimum atomic E-state index is -0.0700. The summed E-state index contributed by atoms with van der Waals surface area (Å²) in [6.45, 7) is 5.91. The third-order valence-corrected chi connectivity index (χ3v) is 2.88. The van der Waals surface area contributed by atoms with Crippen molar-refractivity contribution in [1.82, 2.24) is 9.88 Å². The Balaban J connectivity index is 2.96. The lowest BCUT2D eigenvalue weighted by atomic mass is 10.1. The van der Waals surface area contributed by atoms with E-state index in [4.69, 9.17) is 5.73 Å². The SMILES string of the molecule is CCC(C)N(C)C(=O)c1cnc(C)cc1N. The standard InChI is InChI=1S/C12H19N3O/c1-5-9(3)15(4)12(16)10-7-14-8(2)6-11(10)13/h6-7,9H,5H2,1-4H3,(H2,13,14). The van der Waals surface area contributed by atoms with Gasteiger partial charge in [0.1, 0.15) is 0 Å². The number of nitrogen functional groups attached to an aromatic ring is 1. The van der Waals surface area contributed by atoms with Gasteiger partial charge in [-0.1, -0.05) is 6.92 Å². The number of hydrogen-bond donors (Lipinski definition) is 1. The zero-order valence-corrected chi connectivity index (χ0v) is 10.3. The second-order valence-electron chi connectivity index (χ2n) is 4.09. The summed E-state index contributed by atoms with van der Waals surface area (Å²) in [6.07, 6.45) is 2.47. The van der Waals surface area contributed by atoms with E-state index in [2.05, 4.69) is 4.98 Å². The fraction of sp³-hybridized carbons (Fsp3) is 0.500. The van der Waals surface area contributed by atoms with Crippen LogP contribution >= 0.6 is 0 Å². The van der Waals surface area contributed by atoms with Crippen LogP contribution in [0.3, 0.4) is 0 Å². The molecule has 1 atom stereocenters. The van der Waals surface area contributed by atoms with Gasteiger partial charge in [0, 0.05) is 30.7 Å². The minimum absolute atomic E-state index is 0.0700. The van der Waals surface area contributed by atoms with Crippen molar-refractivity contribution in [3.8, 4) is 0 Å². The molecule has 1 amide bonds. The summed E-state index contributed by atoms with van der Waals surface area (Å²) in [5.41, 5.74) is 7.61. The molecule has 0 saturated carbocycles. The Morgan fingerprint density at radius 1 is 1.62 bits per heavy atom. The van der Waals surface area contributed by atoms with Gasteiger partial charge >= 0.3 is 0 Å². The molecule has 0 aliphatic heterocycles. The maximum Gasteiger partial charge on any atom is 0.257 e. The molecule has 0 bridgehead atoms. The third kappa shape index (κ3) is 2.51. The van der Waals surface area contributed by atoms with Crippen LogP contribution in [0.2, 0.25) is 0 Å². The summed E-state index contributed by atoms with van der Waals surface area (Å²) in [5, 5.41) is 0. The highest BCUT2D eigenvalue weighted by molar-refractivity contribution is 5.98. The van der Waals surface area contributed by atoms with Crippen molar-refractivity contribution in [2.45, 2.75) is 33.2 Å². The van der Waals surface area contributed by atoms with Crippen LogP contribution in [0.4, 0.5) is 5.69 Å². The van der Waals surface area contributed by atoms with Crippen LogP contribution in [-0.4, -0.2) is 28.9 Å². The van der Waals surface area contributed by atoms with E-state index in [1.165, 1.54) is 0 Å². The number of aryl methyl sites for hydroxylation is 1. The lowest BCUT2D eigenvalue weighted by Gasteiger charge is -2.24. The summed E-state index contributed by atoms with van der Waals surface area (Å²) in [4.78, 5) is 17.9. The van der Waals surface area contributed by atoms with Crippen molar-refractivity contribution in [3.05, 3.63) is 23.5 Å². The molecule has 0 aliphatic carbocycles. The van der Waals surface area contributed by atoms with Crippen molar-refractivity contribution in [2.24, 2.45) is 0 Å². The number of pyridine rings is 1. The van der Waals surface area contributed by atoms with E-state index in [0.29, 0.717) is 11.3 Å². The molecule has 0 aromatic carbocycles. The second kappa shape index (κ2) is 4.96. The van der Waals surface area contributed by atoms with Crippen molar-refractivity contribution in [1.29, 1.82) is 0 Å².